The Hall–Kier alpha value is -2.24. The number of rotatable bonds is 2. The largest absolute Gasteiger partial charge is 0.433 e. The number of nitrogens with two attached hydrogens (primary N) is 1. The van der Waals surface area contributed by atoms with Gasteiger partial charge in [0.2, 0.25) is 11.8 Å². The first kappa shape index (κ1) is 11.3. The van der Waals surface area contributed by atoms with E-state index in [1.807, 2.05) is 0 Å². The van der Waals surface area contributed by atoms with Gasteiger partial charge in [0.1, 0.15) is 0 Å². The summed E-state index contributed by atoms with van der Waals surface area (Å²) in [6.45, 7) is 1.76. The number of hydrogen-bond acceptors (Lipinski definition) is 4. The van der Waals surface area contributed by atoms with Crippen molar-refractivity contribution in [3.63, 3.8) is 0 Å². The highest BCUT2D eigenvalue weighted by molar-refractivity contribution is 5.33. The van der Waals surface area contributed by atoms with E-state index >= 15 is 0 Å². The van der Waals surface area contributed by atoms with Crippen LogP contribution in [0.1, 0.15) is 5.56 Å². The maximum absolute atomic E-state index is 13.4. The van der Waals surface area contributed by atoms with Crippen LogP contribution < -0.4 is 10.5 Å². The minimum Gasteiger partial charge on any atom is -0.433 e. The summed E-state index contributed by atoms with van der Waals surface area (Å²) in [5.74, 6) is -2.06. The van der Waals surface area contributed by atoms with E-state index < -0.39 is 17.5 Å². The Morgan fingerprint density at radius 2 is 2.00 bits per heavy atom. The van der Waals surface area contributed by atoms with Crippen LogP contribution in [-0.4, -0.2) is 9.97 Å². The second-order valence-electron chi connectivity index (χ2n) is 3.42. The van der Waals surface area contributed by atoms with Gasteiger partial charge in [-0.3, -0.25) is 0 Å². The molecule has 2 N–H and O–H groups in total. The molecule has 0 atom stereocenters. The Morgan fingerprint density at radius 1 is 1.24 bits per heavy atom. The van der Waals surface area contributed by atoms with Crippen molar-refractivity contribution < 1.29 is 13.5 Å². The number of nitrogens with zero attached hydrogens (tertiary/aromatic N) is 2. The maximum atomic E-state index is 13.4. The first-order valence-corrected chi connectivity index (χ1v) is 4.78. The van der Waals surface area contributed by atoms with Crippen LogP contribution in [0.2, 0.25) is 0 Å². The van der Waals surface area contributed by atoms with E-state index in [0.717, 1.165) is 11.8 Å². The Kier molecular flexibility index (Phi) is 2.86. The first-order chi connectivity index (χ1) is 8.06. The zero-order valence-electron chi connectivity index (χ0n) is 8.95. The molecule has 1 heterocycles. The molecule has 4 nitrogen and oxygen atoms in total. The molecule has 88 valence electrons. The fourth-order valence-electron chi connectivity index (χ4n) is 1.23. The van der Waals surface area contributed by atoms with E-state index in [1.165, 1.54) is 12.1 Å². The first-order valence-electron chi connectivity index (χ1n) is 4.78. The zero-order valence-corrected chi connectivity index (χ0v) is 8.95. The topological polar surface area (TPSA) is 61.0 Å². The average molecular weight is 237 g/mol. The molecular formula is C11H9F2N3O. The summed E-state index contributed by atoms with van der Waals surface area (Å²) in [5, 5.41) is 0. The number of hydrogen-bond donors (Lipinski definition) is 1. The molecule has 17 heavy (non-hydrogen) atoms. The van der Waals surface area contributed by atoms with Crippen molar-refractivity contribution in [2.24, 2.45) is 0 Å². The summed E-state index contributed by atoms with van der Waals surface area (Å²) in [7, 11) is 0. The molecule has 0 aliphatic carbocycles. The standard InChI is InChI=1S/C11H9F2N3O/c1-6-2-3-7(12)9(4-6)17-10-8(13)5-15-11(14)16-10/h2-5H,1H3,(H2,14,15,16). The Morgan fingerprint density at radius 3 is 2.76 bits per heavy atom. The maximum Gasteiger partial charge on any atom is 0.260 e. The number of aromatic nitrogens is 2. The predicted molar refractivity (Wildman–Crippen MR) is 57.6 cm³/mol. The number of nitrogen functional groups attached to an aromatic ring is 1. The van der Waals surface area contributed by atoms with Crippen LogP contribution in [0.15, 0.2) is 24.4 Å². The average Bonchev–Trinajstić information content (AvgIpc) is 2.28. The van der Waals surface area contributed by atoms with Gasteiger partial charge in [0.15, 0.2) is 11.6 Å². The molecule has 0 radical (unpaired) electrons. The van der Waals surface area contributed by atoms with Gasteiger partial charge in [0.05, 0.1) is 6.20 Å². The van der Waals surface area contributed by atoms with Crippen LogP contribution >= 0.6 is 0 Å². The SMILES string of the molecule is Cc1ccc(F)c(Oc2nc(N)ncc2F)c1. The highest BCUT2D eigenvalue weighted by Crippen LogP contribution is 2.25. The van der Waals surface area contributed by atoms with Crippen molar-refractivity contribution in [1.29, 1.82) is 0 Å². The smallest absolute Gasteiger partial charge is 0.260 e. The van der Waals surface area contributed by atoms with Gasteiger partial charge in [0.25, 0.3) is 5.88 Å². The molecule has 0 bridgehead atoms. The molecule has 0 fully saturated rings. The van der Waals surface area contributed by atoms with E-state index in [4.69, 9.17) is 10.5 Å². The highest BCUT2D eigenvalue weighted by Gasteiger charge is 2.11. The van der Waals surface area contributed by atoms with E-state index in [1.54, 1.807) is 13.0 Å². The van der Waals surface area contributed by atoms with Crippen LogP contribution in [0.4, 0.5) is 14.7 Å². The van der Waals surface area contributed by atoms with Gasteiger partial charge in [0, 0.05) is 0 Å². The number of halogens is 2. The lowest BCUT2D eigenvalue weighted by atomic mass is 10.2. The van der Waals surface area contributed by atoms with Crippen LogP contribution in [-0.2, 0) is 0 Å². The molecule has 0 unspecified atom stereocenters. The Balaban J connectivity index is 2.37. The van der Waals surface area contributed by atoms with Crippen LogP contribution in [0.5, 0.6) is 11.6 Å². The van der Waals surface area contributed by atoms with E-state index in [0.29, 0.717) is 0 Å². The third kappa shape index (κ3) is 2.47. The second-order valence-corrected chi connectivity index (χ2v) is 3.42. The second kappa shape index (κ2) is 4.32. The summed E-state index contributed by atoms with van der Waals surface area (Å²) >= 11 is 0. The van der Waals surface area contributed by atoms with E-state index in [9.17, 15) is 8.78 Å². The molecule has 1 aromatic heterocycles. The summed E-state index contributed by atoms with van der Waals surface area (Å²) in [6, 6.07) is 4.24. The Labute approximate surface area is 96.1 Å². The van der Waals surface area contributed by atoms with Crippen LogP contribution in [0.3, 0.4) is 0 Å². The lowest BCUT2D eigenvalue weighted by molar-refractivity contribution is 0.397. The van der Waals surface area contributed by atoms with Crippen molar-refractivity contribution in [3.05, 3.63) is 41.6 Å². The molecule has 0 aliphatic rings. The lowest BCUT2D eigenvalue weighted by Gasteiger charge is -2.07. The molecule has 2 rings (SSSR count). The molecule has 0 amide bonds. The highest BCUT2D eigenvalue weighted by atomic mass is 19.1. The fraction of sp³-hybridized carbons (Fsp3) is 0.0909. The van der Waals surface area contributed by atoms with Crippen LogP contribution in [0, 0.1) is 18.6 Å². The summed E-state index contributed by atoms with van der Waals surface area (Å²) in [5.41, 5.74) is 6.07. The molecular weight excluding hydrogens is 228 g/mol. The van der Waals surface area contributed by atoms with Gasteiger partial charge in [-0.2, -0.15) is 9.37 Å². The normalized spacial score (nSPS) is 10.3. The monoisotopic (exact) mass is 237 g/mol. The molecule has 2 aromatic rings. The van der Waals surface area contributed by atoms with Crippen molar-refractivity contribution in [1.82, 2.24) is 9.97 Å². The molecule has 0 saturated heterocycles. The zero-order chi connectivity index (χ0) is 12.4. The predicted octanol–water partition coefficient (Wildman–Crippen LogP) is 2.44. The van der Waals surface area contributed by atoms with Gasteiger partial charge in [-0.1, -0.05) is 6.07 Å². The van der Waals surface area contributed by atoms with Gasteiger partial charge >= 0.3 is 0 Å². The van der Waals surface area contributed by atoms with E-state index in [2.05, 4.69) is 9.97 Å². The quantitative estimate of drug-likeness (QED) is 0.871. The lowest BCUT2D eigenvalue weighted by Crippen LogP contribution is -2.00. The van der Waals surface area contributed by atoms with Crippen molar-refractivity contribution in [2.75, 3.05) is 5.73 Å². The number of benzene rings is 1. The number of aryl methyl sites for hydroxylation is 1. The fourth-order valence-corrected chi connectivity index (χ4v) is 1.23. The summed E-state index contributed by atoms with van der Waals surface area (Å²) < 4.78 is 31.6. The summed E-state index contributed by atoms with van der Waals surface area (Å²) in [6.07, 6.45) is 0.866. The van der Waals surface area contributed by atoms with Gasteiger partial charge in [-0.25, -0.2) is 9.37 Å². The van der Waals surface area contributed by atoms with Gasteiger partial charge in [-0.05, 0) is 24.6 Å². The third-order valence-corrected chi connectivity index (χ3v) is 2.02. The number of ether oxygens (including phenoxy) is 1. The minimum atomic E-state index is -0.805. The minimum absolute atomic E-state index is 0.109. The van der Waals surface area contributed by atoms with Crippen LogP contribution in [0.25, 0.3) is 0 Å². The van der Waals surface area contributed by atoms with Crippen molar-refractivity contribution >= 4 is 5.95 Å². The Bertz CT molecular complexity index is 511. The summed E-state index contributed by atoms with van der Waals surface area (Å²) in [4.78, 5) is 6.98. The molecule has 0 aliphatic heterocycles. The molecule has 0 saturated carbocycles. The van der Waals surface area contributed by atoms with Crippen molar-refractivity contribution in [2.45, 2.75) is 6.92 Å². The third-order valence-electron chi connectivity index (χ3n) is 2.02. The van der Waals surface area contributed by atoms with Gasteiger partial charge in [-0.15, -0.1) is 0 Å². The van der Waals surface area contributed by atoms with Crippen molar-refractivity contribution in [3.8, 4) is 11.6 Å². The molecule has 1 aromatic carbocycles. The van der Waals surface area contributed by atoms with E-state index in [-0.39, 0.29) is 11.7 Å². The number of anilines is 1. The molecule has 0 spiro atoms. The van der Waals surface area contributed by atoms with Gasteiger partial charge < -0.3 is 10.5 Å². The molecule has 6 heteroatoms.